The van der Waals surface area contributed by atoms with Crippen LogP contribution in [0.25, 0.3) is 12.0 Å². The zero-order valence-corrected chi connectivity index (χ0v) is 15.4. The third kappa shape index (κ3) is 3.31. The zero-order valence-electron chi connectivity index (χ0n) is 15.4. The fraction of sp³-hybridized carbons (Fsp3) is 0.286. The van der Waals surface area contributed by atoms with E-state index in [1.165, 1.54) is 6.42 Å². The Hall–Kier alpha value is -3.35. The van der Waals surface area contributed by atoms with Gasteiger partial charge < -0.3 is 14.4 Å². The highest BCUT2D eigenvalue weighted by molar-refractivity contribution is 5.56. The summed E-state index contributed by atoms with van der Waals surface area (Å²) in [5, 5.41) is 0. The molecule has 5 rings (SSSR count). The highest BCUT2D eigenvalue weighted by Gasteiger charge is 2.25. The second-order valence-corrected chi connectivity index (χ2v) is 6.93. The summed E-state index contributed by atoms with van der Waals surface area (Å²) in [6, 6.07) is 8.46. The van der Waals surface area contributed by atoms with Gasteiger partial charge in [-0.3, -0.25) is 4.57 Å². The van der Waals surface area contributed by atoms with Gasteiger partial charge in [-0.2, -0.15) is 4.98 Å². The molecule has 7 nitrogen and oxygen atoms in total. The van der Waals surface area contributed by atoms with Crippen molar-refractivity contribution in [2.45, 2.75) is 25.3 Å². The molecule has 0 N–H and O–H groups in total. The van der Waals surface area contributed by atoms with Crippen molar-refractivity contribution in [2.24, 2.45) is 0 Å². The van der Waals surface area contributed by atoms with E-state index in [1.807, 2.05) is 35.2 Å². The summed E-state index contributed by atoms with van der Waals surface area (Å²) in [4.78, 5) is 15.6. The highest BCUT2D eigenvalue weighted by atomic mass is 16.7. The monoisotopic (exact) mass is 375 g/mol. The molecular weight excluding hydrogens is 354 g/mol. The summed E-state index contributed by atoms with van der Waals surface area (Å²) in [5.74, 6) is 3.25. The van der Waals surface area contributed by atoms with Crippen LogP contribution in [-0.2, 0) is 0 Å². The van der Waals surface area contributed by atoms with Crippen LogP contribution in [0.4, 0.5) is 5.82 Å². The molecule has 142 valence electrons. The molecule has 0 amide bonds. The van der Waals surface area contributed by atoms with E-state index in [-0.39, 0.29) is 0 Å². The zero-order chi connectivity index (χ0) is 18.8. The van der Waals surface area contributed by atoms with E-state index in [1.54, 1.807) is 12.5 Å². The molecule has 4 heterocycles. The van der Waals surface area contributed by atoms with Crippen LogP contribution in [0.3, 0.4) is 0 Å². The van der Waals surface area contributed by atoms with Crippen LogP contribution in [0.1, 0.15) is 24.8 Å². The van der Waals surface area contributed by atoms with Crippen LogP contribution < -0.4 is 14.4 Å². The van der Waals surface area contributed by atoms with Crippen LogP contribution >= 0.6 is 0 Å². The summed E-state index contributed by atoms with van der Waals surface area (Å²) in [5.41, 5.74) is 1.12. The number of fused-ring (bicyclic) bond motifs is 1. The van der Waals surface area contributed by atoms with E-state index in [0.717, 1.165) is 42.3 Å². The first kappa shape index (κ1) is 16.8. The van der Waals surface area contributed by atoms with Gasteiger partial charge in [-0.25, -0.2) is 9.97 Å². The molecule has 1 atom stereocenters. The number of rotatable bonds is 5. The Morgan fingerprint density at radius 2 is 2.11 bits per heavy atom. The SMILES string of the molecule is C(=Cc1ccc2c(c1)OCO2)CC1CCCN1c1ccnc(-n2ccnc2)n1. The lowest BCUT2D eigenvalue weighted by atomic mass is 10.1. The van der Waals surface area contributed by atoms with Gasteiger partial charge in [0.25, 0.3) is 0 Å². The third-order valence-corrected chi connectivity index (χ3v) is 5.15. The second-order valence-electron chi connectivity index (χ2n) is 6.93. The van der Waals surface area contributed by atoms with Crippen molar-refractivity contribution >= 4 is 11.9 Å². The summed E-state index contributed by atoms with van der Waals surface area (Å²) < 4.78 is 12.6. The number of aromatic nitrogens is 4. The maximum absolute atomic E-state index is 5.45. The quantitative estimate of drug-likeness (QED) is 0.680. The Morgan fingerprint density at radius 3 is 3.04 bits per heavy atom. The van der Waals surface area contributed by atoms with E-state index >= 15 is 0 Å². The second kappa shape index (κ2) is 7.34. The van der Waals surface area contributed by atoms with Crippen molar-refractivity contribution in [2.75, 3.05) is 18.2 Å². The van der Waals surface area contributed by atoms with Gasteiger partial charge in [-0.1, -0.05) is 18.2 Å². The minimum atomic E-state index is 0.305. The lowest BCUT2D eigenvalue weighted by Crippen LogP contribution is -2.29. The number of hydrogen-bond donors (Lipinski definition) is 0. The Labute approximate surface area is 163 Å². The van der Waals surface area contributed by atoms with Crippen LogP contribution in [0.2, 0.25) is 0 Å². The van der Waals surface area contributed by atoms with Crippen LogP contribution in [0.15, 0.2) is 55.3 Å². The molecule has 0 aliphatic carbocycles. The van der Waals surface area contributed by atoms with Crippen molar-refractivity contribution in [1.82, 2.24) is 19.5 Å². The molecule has 1 aromatic carbocycles. The fourth-order valence-corrected chi connectivity index (χ4v) is 3.76. The van der Waals surface area contributed by atoms with E-state index < -0.39 is 0 Å². The van der Waals surface area contributed by atoms with Gasteiger partial charge in [0.1, 0.15) is 12.1 Å². The summed E-state index contributed by atoms with van der Waals surface area (Å²) in [6.45, 7) is 1.32. The lowest BCUT2D eigenvalue weighted by Gasteiger charge is -2.25. The molecular formula is C21H21N5O2. The largest absolute Gasteiger partial charge is 0.454 e. The van der Waals surface area contributed by atoms with Gasteiger partial charge in [0.15, 0.2) is 11.5 Å². The molecule has 1 unspecified atom stereocenters. The van der Waals surface area contributed by atoms with Gasteiger partial charge in [-0.05, 0) is 43.0 Å². The van der Waals surface area contributed by atoms with E-state index in [0.29, 0.717) is 18.8 Å². The maximum Gasteiger partial charge on any atom is 0.236 e. The molecule has 2 aliphatic heterocycles. The molecule has 2 aromatic heterocycles. The normalized spacial score (nSPS) is 18.3. The number of hydrogen-bond acceptors (Lipinski definition) is 6. The molecule has 2 aliphatic rings. The van der Waals surface area contributed by atoms with E-state index in [9.17, 15) is 0 Å². The van der Waals surface area contributed by atoms with Crippen LogP contribution in [0.5, 0.6) is 11.5 Å². The third-order valence-electron chi connectivity index (χ3n) is 5.15. The first-order chi connectivity index (χ1) is 13.9. The van der Waals surface area contributed by atoms with Crippen LogP contribution in [-0.4, -0.2) is 38.9 Å². The molecule has 0 radical (unpaired) electrons. The smallest absolute Gasteiger partial charge is 0.236 e. The van der Waals surface area contributed by atoms with E-state index in [2.05, 4.69) is 33.1 Å². The molecule has 3 aromatic rings. The van der Waals surface area contributed by atoms with Gasteiger partial charge >= 0.3 is 0 Å². The average molecular weight is 375 g/mol. The van der Waals surface area contributed by atoms with Crippen molar-refractivity contribution in [3.8, 4) is 17.4 Å². The summed E-state index contributed by atoms with van der Waals surface area (Å²) >= 11 is 0. The molecule has 0 bridgehead atoms. The highest BCUT2D eigenvalue weighted by Crippen LogP contribution is 2.33. The molecule has 7 heteroatoms. The number of imidazole rings is 1. The molecule has 28 heavy (non-hydrogen) atoms. The Bertz CT molecular complexity index is 986. The number of ether oxygens (including phenoxy) is 2. The van der Waals surface area contributed by atoms with Crippen molar-refractivity contribution in [3.63, 3.8) is 0 Å². The maximum atomic E-state index is 5.45. The van der Waals surface area contributed by atoms with E-state index in [4.69, 9.17) is 14.5 Å². The summed E-state index contributed by atoms with van der Waals surface area (Å²) in [7, 11) is 0. The molecule has 1 saturated heterocycles. The molecule has 0 spiro atoms. The number of benzene rings is 1. The van der Waals surface area contributed by atoms with Gasteiger partial charge in [-0.15, -0.1) is 0 Å². The van der Waals surface area contributed by atoms with Crippen molar-refractivity contribution in [1.29, 1.82) is 0 Å². The number of nitrogens with zero attached hydrogens (tertiary/aromatic N) is 5. The Morgan fingerprint density at radius 1 is 1.14 bits per heavy atom. The lowest BCUT2D eigenvalue weighted by molar-refractivity contribution is 0.174. The number of anilines is 1. The predicted molar refractivity (Wildman–Crippen MR) is 106 cm³/mol. The van der Waals surface area contributed by atoms with Gasteiger partial charge in [0, 0.05) is 31.2 Å². The van der Waals surface area contributed by atoms with Gasteiger partial charge in [0.2, 0.25) is 12.7 Å². The minimum absolute atomic E-state index is 0.305. The average Bonchev–Trinajstić information content (AvgIpc) is 3.49. The summed E-state index contributed by atoms with van der Waals surface area (Å²) in [6.07, 6.45) is 14.8. The fourth-order valence-electron chi connectivity index (χ4n) is 3.76. The first-order valence-electron chi connectivity index (χ1n) is 9.51. The van der Waals surface area contributed by atoms with Crippen molar-refractivity contribution in [3.05, 3.63) is 60.8 Å². The molecule has 0 saturated carbocycles. The Kier molecular flexibility index (Phi) is 4.40. The first-order valence-corrected chi connectivity index (χ1v) is 9.51. The van der Waals surface area contributed by atoms with Crippen molar-refractivity contribution < 1.29 is 9.47 Å². The Balaban J connectivity index is 1.29. The van der Waals surface area contributed by atoms with Gasteiger partial charge in [0.05, 0.1) is 0 Å². The predicted octanol–water partition coefficient (Wildman–Crippen LogP) is 3.46. The minimum Gasteiger partial charge on any atom is -0.454 e. The molecule has 1 fully saturated rings. The topological polar surface area (TPSA) is 65.3 Å². The van der Waals surface area contributed by atoms with Crippen LogP contribution in [0, 0.1) is 0 Å². The standard InChI is InChI=1S/C21H21N5O2/c1(3-16-6-7-18-19(13-16)28-15-27-18)4-17-5-2-11-26(17)20-8-9-23-21(24-20)25-12-10-22-14-25/h1,3,6-10,12-14,17H,2,4-5,11,15H2.